The zero-order valence-electron chi connectivity index (χ0n) is 14.8. The maximum absolute atomic E-state index is 11.0. The first kappa shape index (κ1) is 20.0. The predicted octanol–water partition coefficient (Wildman–Crippen LogP) is 6.47. The van der Waals surface area contributed by atoms with Gasteiger partial charge in [0, 0.05) is 0 Å². The largest absolute Gasteiger partial charge is 0.507 e. The van der Waals surface area contributed by atoms with E-state index in [1.807, 2.05) is 30.4 Å². The van der Waals surface area contributed by atoms with E-state index in [9.17, 15) is 9.90 Å². The molecule has 0 saturated carbocycles. The molecule has 1 aromatic rings. The molecule has 0 saturated heterocycles. The lowest BCUT2D eigenvalue weighted by atomic mass is 10.1. The second kappa shape index (κ2) is 13.4. The average Bonchev–Trinajstić information content (AvgIpc) is 2.59. The third-order valence-electron chi connectivity index (χ3n) is 3.95. The molecule has 0 unspecified atom stereocenters. The SMILES string of the molecule is CCCCCCCCCC=CC=CC=Cc1cccc(O)c1C=O. The lowest BCUT2D eigenvalue weighted by molar-refractivity contribution is 0.112. The average molecular weight is 326 g/mol. The molecule has 1 rings (SSSR count). The highest BCUT2D eigenvalue weighted by Crippen LogP contribution is 2.19. The Morgan fingerprint density at radius 3 is 2.38 bits per heavy atom. The molecule has 0 radical (unpaired) electrons. The number of unbranched alkanes of at least 4 members (excludes halogenated alkanes) is 7. The maximum atomic E-state index is 11.0. The van der Waals surface area contributed by atoms with Gasteiger partial charge in [-0.25, -0.2) is 0 Å². The first-order valence-electron chi connectivity index (χ1n) is 9.06. The van der Waals surface area contributed by atoms with Crippen LogP contribution in [-0.4, -0.2) is 11.4 Å². The molecule has 24 heavy (non-hydrogen) atoms. The highest BCUT2D eigenvalue weighted by atomic mass is 16.3. The number of carbonyl (C=O) groups excluding carboxylic acids is 1. The van der Waals surface area contributed by atoms with Crippen LogP contribution in [0, 0.1) is 0 Å². The van der Waals surface area contributed by atoms with Crippen LogP contribution in [0.15, 0.2) is 48.6 Å². The zero-order chi connectivity index (χ0) is 17.5. The molecular formula is C22H30O2. The molecule has 130 valence electrons. The van der Waals surface area contributed by atoms with Crippen molar-refractivity contribution in [2.45, 2.75) is 58.3 Å². The smallest absolute Gasteiger partial charge is 0.154 e. The molecule has 0 fully saturated rings. The second-order valence-corrected chi connectivity index (χ2v) is 5.98. The summed E-state index contributed by atoms with van der Waals surface area (Å²) in [7, 11) is 0. The lowest BCUT2D eigenvalue weighted by Crippen LogP contribution is -1.85. The van der Waals surface area contributed by atoms with E-state index in [0.29, 0.717) is 11.8 Å². The summed E-state index contributed by atoms with van der Waals surface area (Å²) in [4.78, 5) is 11.0. The van der Waals surface area contributed by atoms with Gasteiger partial charge in [0.1, 0.15) is 5.75 Å². The highest BCUT2D eigenvalue weighted by Gasteiger charge is 2.02. The fourth-order valence-corrected chi connectivity index (χ4v) is 2.53. The van der Waals surface area contributed by atoms with Crippen LogP contribution >= 0.6 is 0 Å². The number of rotatable bonds is 12. The number of benzene rings is 1. The standard InChI is InChI=1S/C22H30O2/c1-2-3-4-5-6-7-8-9-10-11-12-13-14-16-20-17-15-18-22(24)21(20)19-23/h10-19,24H,2-9H2,1H3. The molecule has 0 bridgehead atoms. The summed E-state index contributed by atoms with van der Waals surface area (Å²) in [6, 6.07) is 5.06. The van der Waals surface area contributed by atoms with Crippen molar-refractivity contribution >= 4 is 12.4 Å². The summed E-state index contributed by atoms with van der Waals surface area (Å²) in [6.45, 7) is 2.25. The van der Waals surface area contributed by atoms with Crippen molar-refractivity contribution in [2.24, 2.45) is 0 Å². The lowest BCUT2D eigenvalue weighted by Gasteiger charge is -2.00. The number of hydrogen-bond acceptors (Lipinski definition) is 2. The van der Waals surface area contributed by atoms with Gasteiger partial charge in [-0.2, -0.15) is 0 Å². The Morgan fingerprint density at radius 2 is 1.62 bits per heavy atom. The topological polar surface area (TPSA) is 37.3 Å². The van der Waals surface area contributed by atoms with Crippen LogP contribution in [0.1, 0.15) is 74.2 Å². The van der Waals surface area contributed by atoms with Crippen LogP contribution in [0.2, 0.25) is 0 Å². The zero-order valence-corrected chi connectivity index (χ0v) is 14.8. The first-order valence-corrected chi connectivity index (χ1v) is 9.06. The van der Waals surface area contributed by atoms with E-state index in [2.05, 4.69) is 19.1 Å². The van der Waals surface area contributed by atoms with Crippen molar-refractivity contribution in [3.05, 3.63) is 59.7 Å². The summed E-state index contributed by atoms with van der Waals surface area (Å²) in [6.07, 6.45) is 23.1. The van der Waals surface area contributed by atoms with Gasteiger partial charge in [0.25, 0.3) is 0 Å². The fraction of sp³-hybridized carbons (Fsp3) is 0.409. The monoisotopic (exact) mass is 326 g/mol. The van der Waals surface area contributed by atoms with Crippen LogP contribution in [0.4, 0.5) is 0 Å². The van der Waals surface area contributed by atoms with E-state index in [-0.39, 0.29) is 5.75 Å². The summed E-state index contributed by atoms with van der Waals surface area (Å²) in [5.41, 5.74) is 1.05. The molecule has 0 aliphatic heterocycles. The quantitative estimate of drug-likeness (QED) is 0.271. The molecule has 1 aromatic carbocycles. The third-order valence-corrected chi connectivity index (χ3v) is 3.95. The van der Waals surface area contributed by atoms with E-state index in [1.54, 1.807) is 6.07 Å². The Kier molecular flexibility index (Phi) is 11.1. The molecule has 0 aromatic heterocycles. The number of aldehydes is 1. The highest BCUT2D eigenvalue weighted by molar-refractivity contribution is 5.85. The van der Waals surface area contributed by atoms with Gasteiger partial charge in [-0.05, 0) is 24.5 Å². The number of allylic oxidation sites excluding steroid dienone is 5. The molecule has 0 spiro atoms. The molecule has 0 aliphatic carbocycles. The molecule has 1 N–H and O–H groups in total. The van der Waals surface area contributed by atoms with E-state index < -0.39 is 0 Å². The molecule has 2 nitrogen and oxygen atoms in total. The molecule has 0 amide bonds. The van der Waals surface area contributed by atoms with E-state index in [1.165, 1.54) is 51.0 Å². The predicted molar refractivity (Wildman–Crippen MR) is 103 cm³/mol. The number of phenolic OH excluding ortho intramolecular Hbond substituents is 1. The van der Waals surface area contributed by atoms with Crippen LogP contribution < -0.4 is 0 Å². The normalized spacial score (nSPS) is 11.9. The Morgan fingerprint density at radius 1 is 0.917 bits per heavy atom. The first-order chi connectivity index (χ1) is 11.8. The van der Waals surface area contributed by atoms with Crippen LogP contribution in [0.3, 0.4) is 0 Å². The molecule has 2 heteroatoms. The van der Waals surface area contributed by atoms with Gasteiger partial charge in [-0.3, -0.25) is 4.79 Å². The van der Waals surface area contributed by atoms with Gasteiger partial charge in [0.05, 0.1) is 5.56 Å². The van der Waals surface area contributed by atoms with Gasteiger partial charge >= 0.3 is 0 Å². The van der Waals surface area contributed by atoms with Crippen LogP contribution in [0.5, 0.6) is 5.75 Å². The minimum atomic E-state index is 0.0192. The van der Waals surface area contributed by atoms with Gasteiger partial charge in [-0.1, -0.05) is 94.0 Å². The number of phenols is 1. The van der Waals surface area contributed by atoms with Gasteiger partial charge in [-0.15, -0.1) is 0 Å². The van der Waals surface area contributed by atoms with Gasteiger partial charge in [0.15, 0.2) is 6.29 Å². The summed E-state index contributed by atoms with van der Waals surface area (Å²) < 4.78 is 0. The van der Waals surface area contributed by atoms with Crippen LogP contribution in [0.25, 0.3) is 6.08 Å². The van der Waals surface area contributed by atoms with E-state index in [4.69, 9.17) is 0 Å². The Labute approximate surface area is 146 Å². The number of hydrogen-bond donors (Lipinski definition) is 1. The van der Waals surface area contributed by atoms with Gasteiger partial charge in [0.2, 0.25) is 0 Å². The third kappa shape index (κ3) is 8.52. The Bertz CT molecular complexity index is 553. The summed E-state index contributed by atoms with van der Waals surface area (Å²) in [5.74, 6) is 0.0192. The van der Waals surface area contributed by atoms with Crippen molar-refractivity contribution in [2.75, 3.05) is 0 Å². The van der Waals surface area contributed by atoms with E-state index >= 15 is 0 Å². The van der Waals surface area contributed by atoms with Crippen molar-refractivity contribution in [3.8, 4) is 5.75 Å². The number of aromatic hydroxyl groups is 1. The fourth-order valence-electron chi connectivity index (χ4n) is 2.53. The summed E-state index contributed by atoms with van der Waals surface area (Å²) >= 11 is 0. The van der Waals surface area contributed by atoms with Crippen LogP contribution in [-0.2, 0) is 0 Å². The Balaban J connectivity index is 2.21. The van der Waals surface area contributed by atoms with Crippen molar-refractivity contribution in [1.82, 2.24) is 0 Å². The molecule has 0 aliphatic rings. The minimum absolute atomic E-state index is 0.0192. The molecule has 0 heterocycles. The van der Waals surface area contributed by atoms with E-state index in [0.717, 1.165) is 12.0 Å². The van der Waals surface area contributed by atoms with Crippen molar-refractivity contribution in [3.63, 3.8) is 0 Å². The van der Waals surface area contributed by atoms with Gasteiger partial charge < -0.3 is 5.11 Å². The second-order valence-electron chi connectivity index (χ2n) is 5.98. The number of carbonyl (C=O) groups is 1. The van der Waals surface area contributed by atoms with Crippen molar-refractivity contribution in [1.29, 1.82) is 0 Å². The van der Waals surface area contributed by atoms with Crippen molar-refractivity contribution < 1.29 is 9.90 Å². The Hall–Kier alpha value is -2.09. The minimum Gasteiger partial charge on any atom is -0.507 e. The molecular weight excluding hydrogens is 296 g/mol. The maximum Gasteiger partial charge on any atom is 0.154 e. The summed E-state index contributed by atoms with van der Waals surface area (Å²) in [5, 5.41) is 9.60. The molecule has 0 atom stereocenters.